The van der Waals surface area contributed by atoms with E-state index in [9.17, 15) is 15.0 Å². The van der Waals surface area contributed by atoms with Gasteiger partial charge in [-0.25, -0.2) is 0 Å². The Kier molecular flexibility index (Phi) is 9.62. The zero-order valence-corrected chi connectivity index (χ0v) is 31.5. The predicted molar refractivity (Wildman–Crippen MR) is 188 cm³/mol. The number of rotatable bonds is 1. The summed E-state index contributed by atoms with van der Waals surface area (Å²) >= 11 is 0. The molecular weight excluding hydrogens is 700 g/mol. The summed E-state index contributed by atoms with van der Waals surface area (Å²) in [6, 6.07) is 0. The molecule has 54 heavy (non-hydrogen) atoms. The Bertz CT molecular complexity index is 1470. The number of carbonyl (C=O) groups is 1. The molecular formula is C41H58O13. The molecule has 11 fully saturated rings. The molecule has 11 aliphatic rings. The average Bonchev–Trinajstić information content (AvgIpc) is 3.73. The highest BCUT2D eigenvalue weighted by Gasteiger charge is 2.69. The number of hydrogen-bond acceptors (Lipinski definition) is 13. The first-order valence-corrected chi connectivity index (χ1v) is 20.8. The molecule has 11 aliphatic heterocycles. The molecule has 13 nitrogen and oxygen atoms in total. The Morgan fingerprint density at radius 3 is 2.26 bits per heavy atom. The van der Waals surface area contributed by atoms with E-state index in [0.29, 0.717) is 32.1 Å². The Morgan fingerprint density at radius 2 is 1.41 bits per heavy atom. The van der Waals surface area contributed by atoms with E-state index in [1.54, 1.807) is 0 Å². The first-order valence-electron chi connectivity index (χ1n) is 20.8. The molecule has 300 valence electrons. The van der Waals surface area contributed by atoms with Crippen molar-refractivity contribution in [1.29, 1.82) is 0 Å². The van der Waals surface area contributed by atoms with Crippen molar-refractivity contribution in [2.24, 2.45) is 11.8 Å². The molecule has 1 unspecified atom stereocenters. The third-order valence-electron chi connectivity index (χ3n) is 14.6. The fraction of sp³-hybridized carbons (Fsp3) is 0.878. The Labute approximate surface area is 317 Å². The maximum absolute atomic E-state index is 14.0. The molecule has 13 heteroatoms. The summed E-state index contributed by atoms with van der Waals surface area (Å²) in [5.41, 5.74) is 2.13. The summed E-state index contributed by atoms with van der Waals surface area (Å²) in [4.78, 5) is 14.0. The van der Waals surface area contributed by atoms with Crippen LogP contribution in [-0.2, 0) is 52.2 Å². The molecule has 11 saturated heterocycles. The van der Waals surface area contributed by atoms with Crippen LogP contribution in [0.25, 0.3) is 0 Å². The van der Waals surface area contributed by atoms with Gasteiger partial charge in [-0.15, -0.1) is 0 Å². The third-order valence-corrected chi connectivity index (χ3v) is 14.6. The van der Waals surface area contributed by atoms with Gasteiger partial charge in [-0.2, -0.15) is 0 Å². The van der Waals surface area contributed by atoms with Crippen LogP contribution in [0.1, 0.15) is 90.9 Å². The minimum absolute atomic E-state index is 0.000828. The van der Waals surface area contributed by atoms with Gasteiger partial charge >= 0.3 is 5.97 Å². The van der Waals surface area contributed by atoms with Gasteiger partial charge < -0.3 is 57.6 Å². The lowest BCUT2D eigenvalue weighted by Crippen LogP contribution is -2.62. The number of fused-ring (bicyclic) bond motifs is 7. The first-order chi connectivity index (χ1) is 26.0. The van der Waals surface area contributed by atoms with Crippen LogP contribution in [0.15, 0.2) is 24.3 Å². The van der Waals surface area contributed by atoms with Gasteiger partial charge in [0.2, 0.25) is 0 Å². The molecule has 0 aromatic heterocycles. The molecule has 2 N–H and O–H groups in total. The van der Waals surface area contributed by atoms with Crippen LogP contribution in [0, 0.1) is 11.8 Å². The molecule has 12 bridgehead atoms. The van der Waals surface area contributed by atoms with E-state index in [2.05, 4.69) is 20.1 Å². The smallest absolute Gasteiger partial charge is 0.308 e. The SMILES string of the molecule is C=C1C[C@@H]2CC[C@@]34C[C@H]5O[C@H]6[C@@H](O3)[C@H]3O[C@H](CC[C@@H]3O[C@H]6C5O4)CC(=O)O[C@@H]3[C@@H](C)[C@@H]4O[C@H](CO)[C@H](O)C[C@@H]4O[C@H]3C[C@H]3O[C@@H](CC[C@@H]1O2)C[C@@H](C)C3=C. The van der Waals surface area contributed by atoms with Gasteiger partial charge in [-0.05, 0) is 62.0 Å². The molecule has 1 spiro atoms. The fourth-order valence-corrected chi connectivity index (χ4v) is 11.7. The summed E-state index contributed by atoms with van der Waals surface area (Å²) < 4.78 is 66.5. The average molecular weight is 759 g/mol. The number of carbonyl (C=O) groups excluding carboxylic acids is 1. The minimum atomic E-state index is -0.863. The molecule has 21 atom stereocenters. The quantitative estimate of drug-likeness (QED) is 0.298. The normalized spacial score (nSPS) is 55.7. The molecule has 0 aliphatic carbocycles. The molecule has 0 amide bonds. The molecule has 0 aromatic rings. The highest BCUT2D eigenvalue weighted by molar-refractivity contribution is 5.70. The van der Waals surface area contributed by atoms with E-state index in [1.807, 2.05) is 6.92 Å². The highest BCUT2D eigenvalue weighted by atomic mass is 16.8. The van der Waals surface area contributed by atoms with Gasteiger partial charge in [0, 0.05) is 31.6 Å². The van der Waals surface area contributed by atoms with Gasteiger partial charge in [-0.3, -0.25) is 4.79 Å². The maximum atomic E-state index is 14.0. The van der Waals surface area contributed by atoms with Crippen LogP contribution < -0.4 is 0 Å². The van der Waals surface area contributed by atoms with Crippen molar-refractivity contribution in [2.45, 2.75) is 207 Å². The Hall–Kier alpha value is -1.49. The van der Waals surface area contributed by atoms with E-state index >= 15 is 0 Å². The summed E-state index contributed by atoms with van der Waals surface area (Å²) in [6.45, 7) is 12.8. The predicted octanol–water partition coefficient (Wildman–Crippen LogP) is 3.20. The largest absolute Gasteiger partial charge is 0.459 e. The van der Waals surface area contributed by atoms with Gasteiger partial charge in [0.15, 0.2) is 5.79 Å². The second kappa shape index (κ2) is 14.1. The van der Waals surface area contributed by atoms with Crippen molar-refractivity contribution in [1.82, 2.24) is 0 Å². The van der Waals surface area contributed by atoms with Gasteiger partial charge in [0.1, 0.15) is 42.7 Å². The molecule has 0 aromatic carbocycles. The Balaban J connectivity index is 0.938. The number of esters is 1. The first kappa shape index (κ1) is 36.8. The third kappa shape index (κ3) is 6.36. The molecule has 11 rings (SSSR count). The Morgan fingerprint density at radius 1 is 0.667 bits per heavy atom. The standard InChI is InChI=1S/C41H58O13/c1-18-11-22-5-7-26-19(2)12-24(45-26)9-10-41-16-31-37(53-41)38-39(50-31)40(54-41)36-27(49-38)8-6-23(47-36)13-33(44)52-35-21(4)34-29(14-25(43)32(17-42)51-34)48-30(35)15-28(46-22)20(18)3/h18,21-32,34-40,42-43H,2-3,5-17H2,1,4H3/t18-,21+,22+,23-,24+,25-,26+,27+,28-,29+,30+,31-,32-,34+,35-,36+,37?,38+,39-,40+,41+/m1/s1. The molecule has 0 saturated carbocycles. The lowest BCUT2D eigenvalue weighted by molar-refractivity contribution is -0.293. The molecule has 0 radical (unpaired) electrons. The van der Waals surface area contributed by atoms with Crippen molar-refractivity contribution >= 4 is 5.97 Å². The van der Waals surface area contributed by atoms with Crippen molar-refractivity contribution < 1.29 is 62.4 Å². The number of aliphatic hydroxyl groups excluding tert-OH is 2. The van der Waals surface area contributed by atoms with Crippen LogP contribution in [0.2, 0.25) is 0 Å². The summed E-state index contributed by atoms with van der Waals surface area (Å²) in [5, 5.41) is 20.7. The number of ether oxygens (including phenoxy) is 10. The molecule has 11 heterocycles. The van der Waals surface area contributed by atoms with E-state index in [-0.39, 0.29) is 91.9 Å². The lowest BCUT2D eigenvalue weighted by Gasteiger charge is -2.51. The zero-order valence-electron chi connectivity index (χ0n) is 31.5. The van der Waals surface area contributed by atoms with E-state index in [0.717, 1.165) is 49.7 Å². The number of aliphatic hydroxyl groups is 2. The maximum Gasteiger partial charge on any atom is 0.308 e. The monoisotopic (exact) mass is 758 g/mol. The summed E-state index contributed by atoms with van der Waals surface area (Å²) in [7, 11) is 0. The van der Waals surface area contributed by atoms with Gasteiger partial charge in [-0.1, -0.05) is 27.0 Å². The van der Waals surface area contributed by atoms with Gasteiger partial charge in [0.05, 0.1) is 80.2 Å². The van der Waals surface area contributed by atoms with Crippen LogP contribution in [0.4, 0.5) is 0 Å². The van der Waals surface area contributed by atoms with Crippen LogP contribution in [0.5, 0.6) is 0 Å². The van der Waals surface area contributed by atoms with Crippen LogP contribution in [-0.4, -0.2) is 138 Å². The lowest BCUT2D eigenvalue weighted by atomic mass is 9.79. The fourth-order valence-electron chi connectivity index (χ4n) is 11.7. The van der Waals surface area contributed by atoms with Crippen molar-refractivity contribution in [3.63, 3.8) is 0 Å². The number of hydrogen-bond donors (Lipinski definition) is 2. The second-order valence-corrected chi connectivity index (χ2v) is 18.1. The highest BCUT2D eigenvalue weighted by Crippen LogP contribution is 2.54. The van der Waals surface area contributed by atoms with Crippen molar-refractivity contribution in [3.05, 3.63) is 24.3 Å². The van der Waals surface area contributed by atoms with Crippen molar-refractivity contribution in [3.8, 4) is 0 Å². The summed E-state index contributed by atoms with van der Waals surface area (Å²) in [5.74, 6) is -1.22. The van der Waals surface area contributed by atoms with Crippen molar-refractivity contribution in [2.75, 3.05) is 6.61 Å². The van der Waals surface area contributed by atoms with Crippen LogP contribution in [0.3, 0.4) is 0 Å². The minimum Gasteiger partial charge on any atom is -0.459 e. The van der Waals surface area contributed by atoms with Gasteiger partial charge in [0.25, 0.3) is 0 Å². The second-order valence-electron chi connectivity index (χ2n) is 18.1. The van der Waals surface area contributed by atoms with E-state index < -0.39 is 54.6 Å². The topological polar surface area (TPSA) is 150 Å². The zero-order chi connectivity index (χ0) is 37.0. The van der Waals surface area contributed by atoms with E-state index in [1.165, 1.54) is 0 Å². The van der Waals surface area contributed by atoms with Crippen LogP contribution >= 0.6 is 0 Å². The van der Waals surface area contributed by atoms with E-state index in [4.69, 9.17) is 47.4 Å². The summed E-state index contributed by atoms with van der Waals surface area (Å²) in [6.07, 6.45) is 1.52.